The highest BCUT2D eigenvalue weighted by Gasteiger charge is 2.41. The van der Waals surface area contributed by atoms with E-state index in [9.17, 15) is 9.90 Å². The van der Waals surface area contributed by atoms with Crippen molar-refractivity contribution >= 4 is 5.97 Å². The number of rotatable bonds is 14. The van der Waals surface area contributed by atoms with E-state index in [-0.39, 0.29) is 0 Å². The Morgan fingerprint density at radius 3 is 2.17 bits per heavy atom. The van der Waals surface area contributed by atoms with Crippen LogP contribution in [0.1, 0.15) is 99.8 Å². The number of benzene rings is 2. The highest BCUT2D eigenvalue weighted by atomic mass is 19.1. The SMILES string of the molecule is CCCCCCCCc1ccc(C2C=CC(C(=O)O)(c3ccccc3CCCCC)C=C2F)cc1. The molecule has 0 bridgehead atoms. The van der Waals surface area contributed by atoms with Crippen LogP contribution < -0.4 is 0 Å². The lowest BCUT2D eigenvalue weighted by molar-refractivity contribution is -0.140. The molecule has 35 heavy (non-hydrogen) atoms. The molecule has 0 saturated heterocycles. The van der Waals surface area contributed by atoms with E-state index >= 15 is 4.39 Å². The van der Waals surface area contributed by atoms with Gasteiger partial charge < -0.3 is 5.11 Å². The molecule has 0 fully saturated rings. The van der Waals surface area contributed by atoms with E-state index in [1.165, 1.54) is 50.2 Å². The van der Waals surface area contributed by atoms with Gasteiger partial charge in [-0.15, -0.1) is 0 Å². The fourth-order valence-corrected chi connectivity index (χ4v) is 5.09. The Morgan fingerprint density at radius 2 is 1.49 bits per heavy atom. The normalized spacial score (nSPS) is 19.5. The van der Waals surface area contributed by atoms with E-state index in [2.05, 4.69) is 26.0 Å². The zero-order valence-corrected chi connectivity index (χ0v) is 21.4. The molecule has 0 heterocycles. The summed E-state index contributed by atoms with van der Waals surface area (Å²) in [4.78, 5) is 12.5. The molecule has 188 valence electrons. The third-order valence-electron chi connectivity index (χ3n) is 7.24. The van der Waals surface area contributed by atoms with Crippen molar-refractivity contribution in [2.45, 2.75) is 95.8 Å². The number of unbranched alkanes of at least 4 members (excludes halogenated alkanes) is 7. The minimum atomic E-state index is -1.47. The zero-order chi connectivity index (χ0) is 25.1. The van der Waals surface area contributed by atoms with E-state index in [4.69, 9.17) is 0 Å². The van der Waals surface area contributed by atoms with Crippen LogP contribution in [0.25, 0.3) is 0 Å². The number of aryl methyl sites for hydroxylation is 2. The number of aliphatic carboxylic acids is 1. The molecule has 1 aliphatic carbocycles. The number of allylic oxidation sites excluding steroid dienone is 2. The average molecular weight is 477 g/mol. The number of hydrogen-bond acceptors (Lipinski definition) is 1. The molecule has 0 amide bonds. The van der Waals surface area contributed by atoms with E-state index < -0.39 is 23.1 Å². The van der Waals surface area contributed by atoms with Crippen LogP contribution in [-0.4, -0.2) is 11.1 Å². The molecule has 1 N–H and O–H groups in total. The van der Waals surface area contributed by atoms with Crippen LogP contribution >= 0.6 is 0 Å². The lowest BCUT2D eigenvalue weighted by Gasteiger charge is -2.30. The monoisotopic (exact) mass is 476 g/mol. The largest absolute Gasteiger partial charge is 0.480 e. The van der Waals surface area contributed by atoms with E-state index in [1.54, 1.807) is 12.2 Å². The molecular formula is C32H41FO2. The Morgan fingerprint density at radius 1 is 0.857 bits per heavy atom. The van der Waals surface area contributed by atoms with Gasteiger partial charge in [0.15, 0.2) is 0 Å². The Hall–Kier alpha value is -2.68. The van der Waals surface area contributed by atoms with Gasteiger partial charge >= 0.3 is 5.97 Å². The number of carboxylic acid groups (broad SMARTS) is 1. The number of carboxylic acids is 1. The lowest BCUT2D eigenvalue weighted by atomic mass is 9.72. The van der Waals surface area contributed by atoms with Gasteiger partial charge in [-0.1, -0.05) is 119 Å². The van der Waals surface area contributed by atoms with Gasteiger partial charge in [0, 0.05) is 0 Å². The van der Waals surface area contributed by atoms with Crippen LogP contribution in [0.2, 0.25) is 0 Å². The summed E-state index contributed by atoms with van der Waals surface area (Å²) in [5.41, 5.74) is 2.31. The van der Waals surface area contributed by atoms with Gasteiger partial charge in [0.1, 0.15) is 11.2 Å². The Balaban J connectivity index is 1.74. The van der Waals surface area contributed by atoms with E-state index in [1.807, 2.05) is 36.4 Å². The van der Waals surface area contributed by atoms with Crippen molar-refractivity contribution in [3.63, 3.8) is 0 Å². The highest BCUT2D eigenvalue weighted by molar-refractivity contribution is 5.88. The zero-order valence-electron chi connectivity index (χ0n) is 21.4. The summed E-state index contributed by atoms with van der Waals surface area (Å²) < 4.78 is 15.5. The molecule has 3 heteroatoms. The molecule has 0 spiro atoms. The molecule has 0 aliphatic heterocycles. The van der Waals surface area contributed by atoms with Crippen LogP contribution in [0.3, 0.4) is 0 Å². The first-order valence-electron chi connectivity index (χ1n) is 13.5. The first kappa shape index (κ1) is 26.9. The molecule has 0 radical (unpaired) electrons. The van der Waals surface area contributed by atoms with E-state index in [0.29, 0.717) is 5.56 Å². The van der Waals surface area contributed by atoms with Gasteiger partial charge in [0.25, 0.3) is 0 Å². The van der Waals surface area contributed by atoms with Crippen molar-refractivity contribution in [1.82, 2.24) is 0 Å². The second-order valence-corrected chi connectivity index (χ2v) is 9.91. The third kappa shape index (κ3) is 6.93. The van der Waals surface area contributed by atoms with Gasteiger partial charge in [-0.05, 0) is 54.0 Å². The van der Waals surface area contributed by atoms with Crippen molar-refractivity contribution in [3.05, 3.63) is 94.8 Å². The summed E-state index contributed by atoms with van der Waals surface area (Å²) in [5, 5.41) is 10.2. The van der Waals surface area contributed by atoms with Gasteiger partial charge in [-0.3, -0.25) is 4.79 Å². The summed E-state index contributed by atoms with van der Waals surface area (Å²) in [6.07, 6.45) is 17.4. The molecule has 2 aromatic rings. The first-order chi connectivity index (χ1) is 17.0. The minimum Gasteiger partial charge on any atom is -0.480 e. The third-order valence-corrected chi connectivity index (χ3v) is 7.24. The van der Waals surface area contributed by atoms with Crippen molar-refractivity contribution < 1.29 is 14.3 Å². The fraction of sp³-hybridized carbons (Fsp3) is 0.469. The molecule has 2 atom stereocenters. The predicted octanol–water partition coefficient (Wildman–Crippen LogP) is 8.85. The predicted molar refractivity (Wildman–Crippen MR) is 144 cm³/mol. The molecule has 1 aliphatic rings. The topological polar surface area (TPSA) is 37.3 Å². The lowest BCUT2D eigenvalue weighted by Crippen LogP contribution is -2.35. The number of hydrogen-bond donors (Lipinski definition) is 1. The van der Waals surface area contributed by atoms with Gasteiger partial charge in [0.2, 0.25) is 0 Å². The quantitative estimate of drug-likeness (QED) is 0.218. The van der Waals surface area contributed by atoms with Gasteiger partial charge in [0.05, 0.1) is 5.92 Å². The van der Waals surface area contributed by atoms with Crippen LogP contribution in [-0.2, 0) is 23.1 Å². The molecule has 2 nitrogen and oxygen atoms in total. The summed E-state index contributed by atoms with van der Waals surface area (Å²) in [7, 11) is 0. The Kier molecular flexibility index (Phi) is 10.3. The Bertz CT molecular complexity index is 1000. The second-order valence-electron chi connectivity index (χ2n) is 9.91. The summed E-state index contributed by atoms with van der Waals surface area (Å²) >= 11 is 0. The first-order valence-corrected chi connectivity index (χ1v) is 13.5. The van der Waals surface area contributed by atoms with Crippen LogP contribution in [0.4, 0.5) is 4.39 Å². The Labute approximate surface area is 211 Å². The van der Waals surface area contributed by atoms with Crippen molar-refractivity contribution in [1.29, 1.82) is 0 Å². The number of carbonyl (C=O) groups is 1. The molecule has 0 saturated carbocycles. The number of halogens is 1. The van der Waals surface area contributed by atoms with Crippen molar-refractivity contribution in [2.24, 2.45) is 0 Å². The average Bonchev–Trinajstić information content (AvgIpc) is 2.87. The standard InChI is InChI=1S/C32H41FO2/c1-3-5-7-8-9-11-14-25-18-20-26(21-19-25)28-22-23-32(31(34)35,24-30(28)33)29-17-13-12-16-27(29)15-10-6-4-2/h12-13,16-24,28H,3-11,14-15H2,1-2H3,(H,34,35). The van der Waals surface area contributed by atoms with Crippen LogP contribution in [0.5, 0.6) is 0 Å². The summed E-state index contributed by atoms with van der Waals surface area (Å²) in [5.74, 6) is -1.99. The molecular weight excluding hydrogens is 435 g/mol. The summed E-state index contributed by atoms with van der Waals surface area (Å²) in [6.45, 7) is 4.38. The maximum absolute atomic E-state index is 15.5. The molecule has 2 unspecified atom stereocenters. The highest BCUT2D eigenvalue weighted by Crippen LogP contribution is 2.41. The smallest absolute Gasteiger partial charge is 0.322 e. The minimum absolute atomic E-state index is 0.401. The maximum Gasteiger partial charge on any atom is 0.322 e. The van der Waals surface area contributed by atoms with Crippen LogP contribution in [0, 0.1) is 0 Å². The van der Waals surface area contributed by atoms with E-state index in [0.717, 1.165) is 43.2 Å². The maximum atomic E-state index is 15.5. The van der Waals surface area contributed by atoms with Crippen molar-refractivity contribution in [2.75, 3.05) is 0 Å². The summed E-state index contributed by atoms with van der Waals surface area (Å²) in [6, 6.07) is 15.7. The van der Waals surface area contributed by atoms with Crippen LogP contribution in [0.15, 0.2) is 72.6 Å². The van der Waals surface area contributed by atoms with Gasteiger partial charge in [-0.2, -0.15) is 0 Å². The van der Waals surface area contributed by atoms with Gasteiger partial charge in [-0.25, -0.2) is 4.39 Å². The van der Waals surface area contributed by atoms with Crippen molar-refractivity contribution in [3.8, 4) is 0 Å². The second kappa shape index (κ2) is 13.4. The molecule has 3 rings (SSSR count). The molecule has 2 aromatic carbocycles. The fourth-order valence-electron chi connectivity index (χ4n) is 5.09. The molecule has 0 aromatic heterocycles.